The number of carboxylic acid groups (broad SMARTS) is 1. The van der Waals surface area contributed by atoms with Crippen LogP contribution in [-0.2, 0) is 9.53 Å². The maximum Gasteiger partial charge on any atom is 0.303 e. The Morgan fingerprint density at radius 2 is 2.09 bits per heavy atom. The number of carboxylic acids is 1. The third-order valence-corrected chi connectivity index (χ3v) is 1.66. The fourth-order valence-electron chi connectivity index (χ4n) is 1.04. The van der Waals surface area contributed by atoms with Crippen molar-refractivity contribution >= 4 is 5.97 Å². The molecule has 0 amide bonds. The Labute approximate surface area is 67.4 Å². The molecule has 0 heterocycles. The van der Waals surface area contributed by atoms with Gasteiger partial charge in [-0.05, 0) is 19.3 Å². The summed E-state index contributed by atoms with van der Waals surface area (Å²) < 4.78 is 5.01. The zero-order valence-electron chi connectivity index (χ0n) is 7.33. The number of hydrogen-bond acceptors (Lipinski definition) is 2. The van der Waals surface area contributed by atoms with E-state index in [-0.39, 0.29) is 18.4 Å². The van der Waals surface area contributed by atoms with Crippen molar-refractivity contribution in [2.75, 3.05) is 7.11 Å². The van der Waals surface area contributed by atoms with Gasteiger partial charge in [-0.15, -0.1) is 0 Å². The van der Waals surface area contributed by atoms with Crippen molar-refractivity contribution in [1.82, 2.24) is 0 Å². The van der Waals surface area contributed by atoms with Crippen LogP contribution in [-0.4, -0.2) is 24.3 Å². The van der Waals surface area contributed by atoms with Crippen LogP contribution in [0.4, 0.5) is 0 Å². The molecule has 0 aromatic heterocycles. The van der Waals surface area contributed by atoms with Gasteiger partial charge in [-0.25, -0.2) is 0 Å². The van der Waals surface area contributed by atoms with Crippen LogP contribution < -0.4 is 0 Å². The number of aliphatic carboxylic acids is 1. The molecule has 0 rings (SSSR count). The molecule has 0 saturated heterocycles. The average molecular weight is 160 g/mol. The van der Waals surface area contributed by atoms with Crippen LogP contribution in [0.3, 0.4) is 0 Å². The maximum absolute atomic E-state index is 10.2. The molecule has 0 aromatic rings. The van der Waals surface area contributed by atoms with E-state index in [1.54, 1.807) is 7.11 Å². The van der Waals surface area contributed by atoms with E-state index in [1.165, 1.54) is 0 Å². The van der Waals surface area contributed by atoms with Crippen molar-refractivity contribution < 1.29 is 14.6 Å². The van der Waals surface area contributed by atoms with E-state index in [1.807, 2.05) is 13.8 Å². The second-order valence-electron chi connectivity index (χ2n) is 2.99. The van der Waals surface area contributed by atoms with Gasteiger partial charge >= 0.3 is 5.97 Å². The first-order chi connectivity index (χ1) is 5.06. The summed E-state index contributed by atoms with van der Waals surface area (Å²) in [7, 11) is 1.64. The Hall–Kier alpha value is -0.570. The van der Waals surface area contributed by atoms with E-state index in [9.17, 15) is 4.79 Å². The molecule has 66 valence electrons. The molecule has 0 radical (unpaired) electrons. The van der Waals surface area contributed by atoms with Gasteiger partial charge in [0.25, 0.3) is 0 Å². The zero-order valence-corrected chi connectivity index (χ0v) is 7.33. The molecule has 11 heavy (non-hydrogen) atoms. The molecule has 2 unspecified atom stereocenters. The highest BCUT2D eigenvalue weighted by molar-refractivity contribution is 5.66. The number of carbonyl (C=O) groups is 1. The summed E-state index contributed by atoms with van der Waals surface area (Å²) in [5, 5.41) is 8.43. The van der Waals surface area contributed by atoms with E-state index < -0.39 is 5.97 Å². The van der Waals surface area contributed by atoms with Crippen molar-refractivity contribution in [2.24, 2.45) is 5.92 Å². The quantitative estimate of drug-likeness (QED) is 0.663. The van der Waals surface area contributed by atoms with E-state index in [4.69, 9.17) is 9.84 Å². The van der Waals surface area contributed by atoms with Gasteiger partial charge < -0.3 is 9.84 Å². The highest BCUT2D eigenvalue weighted by Gasteiger charge is 2.10. The SMILES string of the molecule is COC(C)CC(C)CC(=O)O. The molecule has 3 heteroatoms. The standard InChI is InChI=1S/C8H16O3/c1-6(5-8(9)10)4-7(2)11-3/h6-7H,4-5H2,1-3H3,(H,9,10). The molecular weight excluding hydrogens is 144 g/mol. The van der Waals surface area contributed by atoms with Crippen molar-refractivity contribution in [1.29, 1.82) is 0 Å². The largest absolute Gasteiger partial charge is 0.481 e. The summed E-state index contributed by atoms with van der Waals surface area (Å²) in [6.45, 7) is 3.86. The lowest BCUT2D eigenvalue weighted by molar-refractivity contribution is -0.138. The Kier molecular flexibility index (Phi) is 4.86. The first kappa shape index (κ1) is 10.4. The van der Waals surface area contributed by atoms with Gasteiger partial charge in [-0.1, -0.05) is 6.92 Å². The Bertz CT molecular complexity index is 123. The highest BCUT2D eigenvalue weighted by atomic mass is 16.5. The van der Waals surface area contributed by atoms with Gasteiger partial charge in [-0.2, -0.15) is 0 Å². The topological polar surface area (TPSA) is 46.5 Å². The highest BCUT2D eigenvalue weighted by Crippen LogP contribution is 2.11. The molecular formula is C8H16O3. The molecule has 0 aliphatic carbocycles. The summed E-state index contributed by atoms with van der Waals surface area (Å²) in [5.74, 6) is -0.539. The summed E-state index contributed by atoms with van der Waals surface area (Å²) in [6.07, 6.45) is 1.19. The van der Waals surface area contributed by atoms with Gasteiger partial charge in [-0.3, -0.25) is 4.79 Å². The van der Waals surface area contributed by atoms with E-state index >= 15 is 0 Å². The molecule has 0 aliphatic heterocycles. The first-order valence-corrected chi connectivity index (χ1v) is 3.80. The molecule has 2 atom stereocenters. The second-order valence-corrected chi connectivity index (χ2v) is 2.99. The van der Waals surface area contributed by atoms with Gasteiger partial charge in [0.2, 0.25) is 0 Å². The van der Waals surface area contributed by atoms with Gasteiger partial charge in [0.05, 0.1) is 6.10 Å². The van der Waals surface area contributed by atoms with Crippen molar-refractivity contribution in [3.05, 3.63) is 0 Å². The summed E-state index contributed by atoms with van der Waals surface area (Å²) >= 11 is 0. The monoisotopic (exact) mass is 160 g/mol. The lowest BCUT2D eigenvalue weighted by Crippen LogP contribution is -2.13. The number of rotatable bonds is 5. The Balaban J connectivity index is 3.51. The Morgan fingerprint density at radius 3 is 2.45 bits per heavy atom. The fourth-order valence-corrected chi connectivity index (χ4v) is 1.04. The zero-order chi connectivity index (χ0) is 8.85. The molecule has 0 spiro atoms. The normalized spacial score (nSPS) is 15.9. The van der Waals surface area contributed by atoms with E-state index in [0.29, 0.717) is 0 Å². The lowest BCUT2D eigenvalue weighted by atomic mass is 10.0. The minimum atomic E-state index is -0.735. The third kappa shape index (κ3) is 5.85. The minimum absolute atomic E-state index is 0.157. The van der Waals surface area contributed by atoms with E-state index in [2.05, 4.69) is 0 Å². The molecule has 0 bridgehead atoms. The predicted octanol–water partition coefficient (Wildman–Crippen LogP) is 1.52. The van der Waals surface area contributed by atoms with Crippen LogP contribution in [0.1, 0.15) is 26.7 Å². The van der Waals surface area contributed by atoms with Crippen molar-refractivity contribution in [3.63, 3.8) is 0 Å². The third-order valence-electron chi connectivity index (χ3n) is 1.66. The predicted molar refractivity (Wildman–Crippen MR) is 42.5 cm³/mol. The molecule has 0 aromatic carbocycles. The number of methoxy groups -OCH3 is 1. The minimum Gasteiger partial charge on any atom is -0.481 e. The number of hydrogen-bond donors (Lipinski definition) is 1. The smallest absolute Gasteiger partial charge is 0.303 e. The van der Waals surface area contributed by atoms with Gasteiger partial charge in [0.15, 0.2) is 0 Å². The molecule has 3 nitrogen and oxygen atoms in total. The van der Waals surface area contributed by atoms with Crippen LogP contribution in [0, 0.1) is 5.92 Å². The lowest BCUT2D eigenvalue weighted by Gasteiger charge is -2.13. The summed E-state index contributed by atoms with van der Waals surface area (Å²) in [5.41, 5.74) is 0. The van der Waals surface area contributed by atoms with Gasteiger partial charge in [0.1, 0.15) is 0 Å². The van der Waals surface area contributed by atoms with E-state index in [0.717, 1.165) is 6.42 Å². The fraction of sp³-hybridized carbons (Fsp3) is 0.875. The number of ether oxygens (including phenoxy) is 1. The molecule has 0 saturated carbocycles. The first-order valence-electron chi connectivity index (χ1n) is 3.80. The maximum atomic E-state index is 10.2. The summed E-state index contributed by atoms with van der Waals surface area (Å²) in [4.78, 5) is 10.2. The van der Waals surface area contributed by atoms with Crippen LogP contribution >= 0.6 is 0 Å². The average Bonchev–Trinajstić information content (AvgIpc) is 1.85. The molecule has 0 fully saturated rings. The summed E-state index contributed by atoms with van der Waals surface area (Å²) in [6, 6.07) is 0. The van der Waals surface area contributed by atoms with Crippen molar-refractivity contribution in [2.45, 2.75) is 32.8 Å². The van der Waals surface area contributed by atoms with Crippen molar-refractivity contribution in [3.8, 4) is 0 Å². The van der Waals surface area contributed by atoms with Gasteiger partial charge in [0, 0.05) is 13.5 Å². The van der Waals surface area contributed by atoms with Crippen LogP contribution in [0.25, 0.3) is 0 Å². The second kappa shape index (κ2) is 5.13. The molecule has 1 N–H and O–H groups in total. The Morgan fingerprint density at radius 1 is 1.55 bits per heavy atom. The van der Waals surface area contributed by atoms with Crippen LogP contribution in [0.15, 0.2) is 0 Å². The van der Waals surface area contributed by atoms with Crippen LogP contribution in [0.5, 0.6) is 0 Å². The van der Waals surface area contributed by atoms with Crippen LogP contribution in [0.2, 0.25) is 0 Å². The molecule has 0 aliphatic rings.